The van der Waals surface area contributed by atoms with Gasteiger partial charge in [-0.05, 0) is 41.0 Å². The molecule has 0 bridgehead atoms. The summed E-state index contributed by atoms with van der Waals surface area (Å²) >= 11 is 1.86. The maximum Gasteiger partial charge on any atom is 0.159 e. The summed E-state index contributed by atoms with van der Waals surface area (Å²) in [5.74, 6) is 0.704. The molecule has 9 aromatic rings. The van der Waals surface area contributed by atoms with Crippen LogP contribution < -0.4 is 0 Å². The molecule has 3 aromatic heterocycles. The van der Waals surface area contributed by atoms with Crippen LogP contribution in [0.3, 0.4) is 0 Å². The second-order valence-electron chi connectivity index (χ2n) is 11.7. The summed E-state index contributed by atoms with van der Waals surface area (Å²) in [6.07, 6.45) is 8.32. The van der Waals surface area contributed by atoms with Crippen LogP contribution in [0.2, 0.25) is 0 Å². The van der Waals surface area contributed by atoms with E-state index < -0.39 is 0 Å². The Hall–Kier alpha value is -5.84. The van der Waals surface area contributed by atoms with E-state index in [2.05, 4.69) is 133 Å². The highest BCUT2D eigenvalue weighted by atomic mass is 32.1. The van der Waals surface area contributed by atoms with Crippen LogP contribution in [0.1, 0.15) is 18.1 Å². The summed E-state index contributed by atoms with van der Waals surface area (Å²) in [7, 11) is 0. The van der Waals surface area contributed by atoms with Crippen LogP contribution in [0.5, 0.6) is 0 Å². The monoisotopic (exact) mass is 619 g/mol. The van der Waals surface area contributed by atoms with Crippen molar-refractivity contribution in [2.45, 2.75) is 6.92 Å². The molecule has 0 aliphatic rings. The average molecular weight is 620 g/mol. The Balaban J connectivity index is 1.55. The SMILES string of the molecule is C=Cc1ccc2c(c1/C=C\C)c1c3ccccc3c3c4ccccc4sc3c1n2-c1cnc(-c2ccccc2)nc1-c1ccccc1. The average Bonchev–Trinajstić information content (AvgIpc) is 3.69. The second kappa shape index (κ2) is 10.9. The fourth-order valence-corrected chi connectivity index (χ4v) is 8.41. The zero-order valence-corrected chi connectivity index (χ0v) is 26.6. The third-order valence-corrected chi connectivity index (χ3v) is 10.3. The predicted octanol–water partition coefficient (Wildman–Crippen LogP) is 12.1. The van der Waals surface area contributed by atoms with Gasteiger partial charge in [0.2, 0.25) is 0 Å². The van der Waals surface area contributed by atoms with Gasteiger partial charge in [0.05, 0.1) is 33.3 Å². The van der Waals surface area contributed by atoms with E-state index in [0.717, 1.165) is 39.2 Å². The molecule has 0 atom stereocenters. The number of aromatic nitrogens is 3. The zero-order valence-electron chi connectivity index (χ0n) is 25.8. The molecule has 0 unspecified atom stereocenters. The van der Waals surface area contributed by atoms with Crippen LogP contribution in [0.15, 0.2) is 140 Å². The Bertz CT molecular complexity index is 2700. The van der Waals surface area contributed by atoms with Gasteiger partial charge in [0.25, 0.3) is 0 Å². The summed E-state index contributed by atoms with van der Waals surface area (Å²) in [6.45, 7) is 6.28. The number of rotatable bonds is 5. The largest absolute Gasteiger partial charge is 0.304 e. The lowest BCUT2D eigenvalue weighted by Gasteiger charge is -2.15. The van der Waals surface area contributed by atoms with Gasteiger partial charge in [-0.1, -0.05) is 134 Å². The van der Waals surface area contributed by atoms with Gasteiger partial charge in [-0.15, -0.1) is 11.3 Å². The highest BCUT2D eigenvalue weighted by Gasteiger charge is 2.25. The number of hydrogen-bond donors (Lipinski definition) is 0. The summed E-state index contributed by atoms with van der Waals surface area (Å²) in [6, 6.07) is 42.8. The highest BCUT2D eigenvalue weighted by Crippen LogP contribution is 2.49. The minimum atomic E-state index is 0.704. The van der Waals surface area contributed by atoms with Gasteiger partial charge in [-0.2, -0.15) is 0 Å². The van der Waals surface area contributed by atoms with Crippen molar-refractivity contribution < 1.29 is 0 Å². The van der Waals surface area contributed by atoms with Crippen LogP contribution in [0.25, 0.3) is 93.2 Å². The van der Waals surface area contributed by atoms with Crippen molar-refractivity contribution in [3.8, 4) is 28.3 Å². The van der Waals surface area contributed by atoms with Gasteiger partial charge < -0.3 is 4.57 Å². The Morgan fingerprint density at radius 1 is 0.681 bits per heavy atom. The van der Waals surface area contributed by atoms with Gasteiger partial charge >= 0.3 is 0 Å². The molecule has 0 aliphatic carbocycles. The molecule has 0 radical (unpaired) electrons. The van der Waals surface area contributed by atoms with E-state index in [1.54, 1.807) is 0 Å². The molecule has 4 heteroatoms. The fraction of sp³-hybridized carbons (Fsp3) is 0.0233. The minimum Gasteiger partial charge on any atom is -0.304 e. The van der Waals surface area contributed by atoms with E-state index in [9.17, 15) is 0 Å². The molecule has 0 spiro atoms. The maximum absolute atomic E-state index is 5.30. The molecule has 6 aromatic carbocycles. The van der Waals surface area contributed by atoms with Crippen molar-refractivity contribution in [3.63, 3.8) is 0 Å². The lowest BCUT2D eigenvalue weighted by Crippen LogP contribution is -2.03. The number of hydrogen-bond acceptors (Lipinski definition) is 3. The molecular weight excluding hydrogens is 591 g/mol. The smallest absolute Gasteiger partial charge is 0.159 e. The second-order valence-corrected chi connectivity index (χ2v) is 12.8. The van der Waals surface area contributed by atoms with Crippen LogP contribution in [-0.2, 0) is 0 Å². The maximum atomic E-state index is 5.30. The van der Waals surface area contributed by atoms with Gasteiger partial charge in [-0.25, -0.2) is 9.97 Å². The standard InChI is InChI=1S/C43H29N3S/c1-3-15-30-27(4-2)24-25-34-38(30)39-32-21-12-11-20-31(32)37-33-22-13-14-23-36(33)47-42(37)41(39)46(34)35-26-44-43(29-18-9-6-10-19-29)45-40(35)28-16-7-5-8-17-28/h3-26H,2H2,1H3/b15-3-. The van der Waals surface area contributed by atoms with Gasteiger partial charge in [0.1, 0.15) is 0 Å². The number of allylic oxidation sites excluding steroid dienone is 1. The summed E-state index contributed by atoms with van der Waals surface area (Å²) < 4.78 is 4.96. The number of thiophene rings is 1. The van der Waals surface area contributed by atoms with Crippen molar-refractivity contribution in [1.29, 1.82) is 0 Å². The van der Waals surface area contributed by atoms with E-state index in [-0.39, 0.29) is 0 Å². The van der Waals surface area contributed by atoms with E-state index in [1.165, 1.54) is 47.2 Å². The molecule has 0 fully saturated rings. The normalized spacial score (nSPS) is 11.9. The quantitative estimate of drug-likeness (QED) is 0.192. The first-order chi connectivity index (χ1) is 23.3. The molecule has 222 valence electrons. The molecule has 0 aliphatic heterocycles. The van der Waals surface area contributed by atoms with E-state index in [4.69, 9.17) is 9.97 Å². The lowest BCUT2D eigenvalue weighted by atomic mass is 9.95. The molecular formula is C43H29N3S. The minimum absolute atomic E-state index is 0.704. The first-order valence-corrected chi connectivity index (χ1v) is 16.6. The van der Waals surface area contributed by atoms with Gasteiger partial charge in [0, 0.05) is 37.4 Å². The summed E-state index contributed by atoms with van der Waals surface area (Å²) in [5, 5.41) is 7.51. The van der Waals surface area contributed by atoms with Crippen LogP contribution in [0, 0.1) is 0 Å². The van der Waals surface area contributed by atoms with Crippen LogP contribution in [0.4, 0.5) is 0 Å². The molecule has 3 nitrogen and oxygen atoms in total. The number of nitrogens with zero attached hydrogens (tertiary/aromatic N) is 3. The third kappa shape index (κ3) is 4.12. The molecule has 0 N–H and O–H groups in total. The van der Waals surface area contributed by atoms with E-state index in [1.807, 2.05) is 41.8 Å². The molecule has 3 heterocycles. The van der Waals surface area contributed by atoms with Gasteiger partial charge in [0.15, 0.2) is 5.82 Å². The molecule has 0 saturated heterocycles. The Morgan fingerprint density at radius 2 is 1.34 bits per heavy atom. The number of benzene rings is 6. The van der Waals surface area contributed by atoms with Crippen molar-refractivity contribution in [3.05, 3.63) is 151 Å². The van der Waals surface area contributed by atoms with Gasteiger partial charge in [-0.3, -0.25) is 0 Å². The number of fused-ring (bicyclic) bond motifs is 10. The third-order valence-electron chi connectivity index (χ3n) is 9.13. The highest BCUT2D eigenvalue weighted by molar-refractivity contribution is 7.27. The fourth-order valence-electron chi connectivity index (χ4n) is 7.15. The Morgan fingerprint density at radius 3 is 2.06 bits per heavy atom. The lowest BCUT2D eigenvalue weighted by molar-refractivity contribution is 1.09. The van der Waals surface area contributed by atoms with Crippen molar-refractivity contribution in [1.82, 2.24) is 14.5 Å². The predicted molar refractivity (Wildman–Crippen MR) is 202 cm³/mol. The van der Waals surface area contributed by atoms with Crippen molar-refractivity contribution in [2.24, 2.45) is 0 Å². The molecule has 47 heavy (non-hydrogen) atoms. The Labute approximate surface area is 276 Å². The van der Waals surface area contributed by atoms with E-state index >= 15 is 0 Å². The van der Waals surface area contributed by atoms with Crippen LogP contribution >= 0.6 is 11.3 Å². The van der Waals surface area contributed by atoms with E-state index in [0.29, 0.717) is 5.82 Å². The first kappa shape index (κ1) is 27.5. The zero-order chi connectivity index (χ0) is 31.5. The molecule has 9 rings (SSSR count). The summed E-state index contributed by atoms with van der Waals surface area (Å²) in [4.78, 5) is 10.3. The van der Waals surface area contributed by atoms with Crippen LogP contribution in [-0.4, -0.2) is 14.5 Å². The Kier molecular flexibility index (Phi) is 6.37. The topological polar surface area (TPSA) is 30.7 Å². The molecule has 0 amide bonds. The molecule has 0 saturated carbocycles. The summed E-state index contributed by atoms with van der Waals surface area (Å²) in [5.41, 5.74) is 8.43. The van der Waals surface area contributed by atoms with Crippen molar-refractivity contribution >= 4 is 76.2 Å². The first-order valence-electron chi connectivity index (χ1n) is 15.8. The van der Waals surface area contributed by atoms with Crippen molar-refractivity contribution in [2.75, 3.05) is 0 Å².